The van der Waals surface area contributed by atoms with Crippen molar-refractivity contribution in [3.05, 3.63) is 82.9 Å². The van der Waals surface area contributed by atoms with Crippen LogP contribution in [-0.4, -0.2) is 6.54 Å². The van der Waals surface area contributed by atoms with Crippen LogP contribution in [0.15, 0.2) is 71.5 Å². The average Bonchev–Trinajstić information content (AvgIpc) is 2.80. The van der Waals surface area contributed by atoms with Gasteiger partial charge >= 0.3 is 0 Å². The molecule has 0 bridgehead atoms. The lowest BCUT2D eigenvalue weighted by molar-refractivity contribution is 0.632. The van der Waals surface area contributed by atoms with Crippen molar-refractivity contribution in [3.63, 3.8) is 0 Å². The fourth-order valence-corrected chi connectivity index (χ4v) is 3.17. The fourth-order valence-electron chi connectivity index (χ4n) is 3.17. The second kappa shape index (κ2) is 17.0. The Morgan fingerprint density at radius 1 is 1.15 bits per heavy atom. The van der Waals surface area contributed by atoms with Crippen molar-refractivity contribution in [1.29, 1.82) is 0 Å². The number of anilines is 1. The predicted octanol–water partition coefficient (Wildman–Crippen LogP) is 9.00. The number of halogens is 1. The molecule has 3 N–H and O–H groups in total. The van der Waals surface area contributed by atoms with Gasteiger partial charge in [-0.05, 0) is 87.8 Å². The summed E-state index contributed by atoms with van der Waals surface area (Å²) in [5.41, 5.74) is 12.8. The van der Waals surface area contributed by atoms with Gasteiger partial charge in [-0.2, -0.15) is 0 Å². The van der Waals surface area contributed by atoms with Crippen molar-refractivity contribution in [2.45, 2.75) is 81.1 Å². The summed E-state index contributed by atoms with van der Waals surface area (Å²) in [5.74, 6) is 0.0683. The van der Waals surface area contributed by atoms with Gasteiger partial charge in [-0.1, -0.05) is 76.1 Å². The average molecular weight is 455 g/mol. The van der Waals surface area contributed by atoms with Gasteiger partial charge in [0, 0.05) is 12.2 Å². The van der Waals surface area contributed by atoms with Crippen LogP contribution in [0.3, 0.4) is 0 Å². The number of nitrogens with two attached hydrogens (primary N) is 1. The van der Waals surface area contributed by atoms with Crippen LogP contribution in [0.4, 0.5) is 10.1 Å². The molecule has 33 heavy (non-hydrogen) atoms. The molecule has 2 nitrogen and oxygen atoms in total. The molecule has 0 aliphatic rings. The molecular weight excluding hydrogens is 407 g/mol. The van der Waals surface area contributed by atoms with Gasteiger partial charge in [0.1, 0.15) is 5.82 Å². The number of hydrogen-bond donors (Lipinski definition) is 2. The Kier molecular flexibility index (Phi) is 15.7. The second-order valence-corrected chi connectivity index (χ2v) is 8.73. The zero-order chi connectivity index (χ0) is 25.4. The Bertz CT molecular complexity index is 856. The van der Waals surface area contributed by atoms with E-state index in [9.17, 15) is 4.39 Å². The van der Waals surface area contributed by atoms with E-state index in [0.717, 1.165) is 29.7 Å². The summed E-state index contributed by atoms with van der Waals surface area (Å²) >= 11 is 0. The maximum Gasteiger partial charge on any atom is 0.146 e. The summed E-state index contributed by atoms with van der Waals surface area (Å²) in [4.78, 5) is 0. The first-order valence-electron chi connectivity index (χ1n) is 12.2. The molecule has 0 aromatic heterocycles. The van der Waals surface area contributed by atoms with Gasteiger partial charge in [-0.15, -0.1) is 0 Å². The van der Waals surface area contributed by atoms with E-state index < -0.39 is 0 Å². The van der Waals surface area contributed by atoms with E-state index >= 15 is 0 Å². The van der Waals surface area contributed by atoms with E-state index in [4.69, 9.17) is 5.73 Å². The lowest BCUT2D eigenvalue weighted by Crippen LogP contribution is -2.11. The molecule has 0 fully saturated rings. The van der Waals surface area contributed by atoms with Crippen molar-refractivity contribution in [2.75, 3.05) is 12.3 Å². The number of unbranched alkanes of at least 4 members (excludes halogenated alkanes) is 2. The normalized spacial score (nSPS) is 13.8. The van der Waals surface area contributed by atoms with E-state index in [1.54, 1.807) is 12.1 Å². The lowest BCUT2D eigenvalue weighted by Gasteiger charge is -2.18. The van der Waals surface area contributed by atoms with Gasteiger partial charge in [0.05, 0.1) is 5.69 Å². The molecule has 0 heterocycles. The molecular formula is C30H47FN2. The zero-order valence-electron chi connectivity index (χ0n) is 22.3. The van der Waals surface area contributed by atoms with E-state index in [-0.39, 0.29) is 11.5 Å². The first kappa shape index (κ1) is 30.4. The zero-order valence-corrected chi connectivity index (χ0v) is 22.3. The lowest BCUT2D eigenvalue weighted by atomic mass is 9.87. The van der Waals surface area contributed by atoms with Crippen LogP contribution in [0.2, 0.25) is 0 Å². The van der Waals surface area contributed by atoms with Gasteiger partial charge in [0.25, 0.3) is 0 Å². The summed E-state index contributed by atoms with van der Waals surface area (Å²) in [5, 5.41) is 3.33. The highest BCUT2D eigenvalue weighted by atomic mass is 19.1. The number of hydrogen-bond acceptors (Lipinski definition) is 2. The molecule has 0 spiro atoms. The highest BCUT2D eigenvalue weighted by Crippen LogP contribution is 2.30. The quantitative estimate of drug-likeness (QED) is 0.199. The van der Waals surface area contributed by atoms with Crippen LogP contribution >= 0.6 is 0 Å². The first-order chi connectivity index (χ1) is 15.6. The molecule has 0 saturated carbocycles. The fraction of sp³-hybridized carbons (Fsp3) is 0.467. The number of nitrogen functional groups attached to an aromatic ring is 1. The minimum Gasteiger partial charge on any atom is -0.396 e. The van der Waals surface area contributed by atoms with Crippen LogP contribution in [-0.2, 0) is 0 Å². The Hall–Kier alpha value is -2.55. The summed E-state index contributed by atoms with van der Waals surface area (Å²) in [7, 11) is 0. The van der Waals surface area contributed by atoms with Crippen LogP contribution in [0.5, 0.6) is 0 Å². The van der Waals surface area contributed by atoms with Crippen molar-refractivity contribution in [1.82, 2.24) is 5.32 Å². The smallest absolute Gasteiger partial charge is 0.146 e. The summed E-state index contributed by atoms with van der Waals surface area (Å²) in [6.07, 6.45) is 13.3. The third-order valence-corrected chi connectivity index (χ3v) is 5.84. The van der Waals surface area contributed by atoms with Crippen LogP contribution in [0, 0.1) is 11.7 Å². The Labute approximate surface area is 203 Å². The molecule has 0 aliphatic carbocycles. The molecule has 1 rings (SSSR count). The SMILES string of the molecule is C/C=C(\C)NCCCCC.C=C(C)\C=C/C=C(/C(C)=C(/C)c1ccc(F)c(N)c1)C(C)CC. The van der Waals surface area contributed by atoms with Gasteiger partial charge in [0.15, 0.2) is 0 Å². The standard InChI is InChI=1S/C21H28FN.C9H19N/c1-7-15(4)19(10-8-9-14(2)3)17(6)16(5)18-11-12-20(22)21(23)13-18;1-4-6-7-8-10-9(3)5-2/h8-13,15H,2,7,23H2,1,3-6H3;5,10H,4,6-8H2,1-3H3/b9-8-,17-16-,19-10+;9-5+. The van der Waals surface area contributed by atoms with Crippen LogP contribution < -0.4 is 11.1 Å². The third kappa shape index (κ3) is 12.3. The maximum absolute atomic E-state index is 13.4. The first-order valence-corrected chi connectivity index (χ1v) is 12.2. The molecule has 0 aliphatic heterocycles. The van der Waals surface area contributed by atoms with Crippen molar-refractivity contribution in [2.24, 2.45) is 5.92 Å². The molecule has 3 heteroatoms. The minimum absolute atomic E-state index is 0.186. The Balaban J connectivity index is 0.000000861. The summed E-state index contributed by atoms with van der Waals surface area (Å²) in [6, 6.07) is 4.91. The third-order valence-electron chi connectivity index (χ3n) is 5.84. The molecule has 184 valence electrons. The molecule has 1 atom stereocenters. The number of benzene rings is 1. The minimum atomic E-state index is -0.374. The van der Waals surface area contributed by atoms with Crippen molar-refractivity contribution in [3.8, 4) is 0 Å². The van der Waals surface area contributed by atoms with E-state index in [2.05, 4.69) is 72.5 Å². The van der Waals surface area contributed by atoms with E-state index in [1.165, 1.54) is 42.2 Å². The topological polar surface area (TPSA) is 38.0 Å². The number of rotatable bonds is 11. The summed E-state index contributed by atoms with van der Waals surface area (Å²) < 4.78 is 13.4. The number of allylic oxidation sites excluding steroid dienone is 9. The van der Waals surface area contributed by atoms with Crippen molar-refractivity contribution < 1.29 is 4.39 Å². The highest BCUT2D eigenvalue weighted by Gasteiger charge is 2.12. The highest BCUT2D eigenvalue weighted by molar-refractivity contribution is 5.72. The van der Waals surface area contributed by atoms with Crippen LogP contribution in [0.1, 0.15) is 86.6 Å². The molecule has 0 amide bonds. The largest absolute Gasteiger partial charge is 0.396 e. The number of nitrogens with one attached hydrogen (secondary N) is 1. The molecule has 1 unspecified atom stereocenters. The van der Waals surface area contributed by atoms with Gasteiger partial charge < -0.3 is 11.1 Å². The van der Waals surface area contributed by atoms with E-state index in [0.29, 0.717) is 5.92 Å². The molecule has 0 radical (unpaired) electrons. The second-order valence-electron chi connectivity index (χ2n) is 8.73. The molecule has 1 aromatic carbocycles. The Morgan fingerprint density at radius 2 is 1.82 bits per heavy atom. The van der Waals surface area contributed by atoms with E-state index in [1.807, 2.05) is 19.1 Å². The molecule has 0 saturated heterocycles. The molecule has 1 aromatic rings. The monoisotopic (exact) mass is 454 g/mol. The van der Waals surface area contributed by atoms with Crippen molar-refractivity contribution >= 4 is 11.3 Å². The van der Waals surface area contributed by atoms with Gasteiger partial charge in [-0.3, -0.25) is 0 Å². The van der Waals surface area contributed by atoms with Gasteiger partial charge in [-0.25, -0.2) is 4.39 Å². The predicted molar refractivity (Wildman–Crippen MR) is 148 cm³/mol. The Morgan fingerprint density at radius 3 is 2.33 bits per heavy atom. The van der Waals surface area contributed by atoms with Crippen LogP contribution in [0.25, 0.3) is 5.57 Å². The maximum atomic E-state index is 13.4. The van der Waals surface area contributed by atoms with Gasteiger partial charge in [0.2, 0.25) is 0 Å². The summed E-state index contributed by atoms with van der Waals surface area (Å²) in [6.45, 7) is 21.9.